The standard InChI is InChI=1S/C12H15ClN2O2S3/c1-2-14-6-9-5-12(18-8-9)20(16,17)15-7-10-3-4-11(13)19-10/h3-5,8,14-15H,2,6-7H2,1H3. The van der Waals surface area contributed by atoms with E-state index in [2.05, 4.69) is 10.0 Å². The summed E-state index contributed by atoms with van der Waals surface area (Å²) in [5.74, 6) is 0. The molecule has 0 atom stereocenters. The van der Waals surface area contributed by atoms with Gasteiger partial charge in [-0.15, -0.1) is 22.7 Å². The molecule has 0 aromatic carbocycles. The van der Waals surface area contributed by atoms with E-state index in [4.69, 9.17) is 11.6 Å². The van der Waals surface area contributed by atoms with Gasteiger partial charge in [0.1, 0.15) is 4.21 Å². The molecule has 0 bridgehead atoms. The topological polar surface area (TPSA) is 58.2 Å². The maximum atomic E-state index is 12.1. The summed E-state index contributed by atoms with van der Waals surface area (Å²) < 4.78 is 27.9. The fraction of sp³-hybridized carbons (Fsp3) is 0.333. The second kappa shape index (κ2) is 7.02. The van der Waals surface area contributed by atoms with Crippen LogP contribution in [0.25, 0.3) is 0 Å². The van der Waals surface area contributed by atoms with Gasteiger partial charge in [-0.2, -0.15) is 0 Å². The molecule has 4 nitrogen and oxygen atoms in total. The SMILES string of the molecule is CCNCc1csc(S(=O)(=O)NCc2ccc(Cl)s2)c1. The Labute approximate surface area is 131 Å². The monoisotopic (exact) mass is 350 g/mol. The molecule has 0 amide bonds. The predicted octanol–water partition coefficient (Wildman–Crippen LogP) is 3.05. The Hall–Kier alpha value is -0.440. The van der Waals surface area contributed by atoms with Crippen molar-refractivity contribution in [2.75, 3.05) is 6.54 Å². The van der Waals surface area contributed by atoms with Crippen LogP contribution in [0.1, 0.15) is 17.4 Å². The van der Waals surface area contributed by atoms with Gasteiger partial charge in [0.2, 0.25) is 10.0 Å². The van der Waals surface area contributed by atoms with Gasteiger partial charge in [-0.25, -0.2) is 13.1 Å². The molecule has 8 heteroatoms. The minimum Gasteiger partial charge on any atom is -0.313 e. The molecule has 110 valence electrons. The first-order valence-corrected chi connectivity index (χ1v) is 9.59. The molecular weight excluding hydrogens is 336 g/mol. The minimum absolute atomic E-state index is 0.264. The van der Waals surface area contributed by atoms with Crippen molar-refractivity contribution >= 4 is 44.3 Å². The largest absolute Gasteiger partial charge is 0.313 e. The van der Waals surface area contributed by atoms with Crippen LogP contribution >= 0.6 is 34.3 Å². The summed E-state index contributed by atoms with van der Waals surface area (Å²) in [4.78, 5) is 0.892. The molecular formula is C12H15ClN2O2S3. The fourth-order valence-corrected chi connectivity index (χ4v) is 4.92. The van der Waals surface area contributed by atoms with Crippen molar-refractivity contribution < 1.29 is 8.42 Å². The first kappa shape index (κ1) is 15.9. The number of nitrogens with one attached hydrogen (secondary N) is 2. The Morgan fingerprint density at radius 2 is 2.10 bits per heavy atom. The smallest absolute Gasteiger partial charge is 0.250 e. The molecule has 0 spiro atoms. The lowest BCUT2D eigenvalue weighted by atomic mass is 10.3. The first-order valence-electron chi connectivity index (χ1n) is 6.03. The Kier molecular flexibility index (Phi) is 5.59. The first-order chi connectivity index (χ1) is 9.51. The molecule has 2 aromatic heterocycles. The third-order valence-electron chi connectivity index (χ3n) is 2.54. The van der Waals surface area contributed by atoms with Crippen LogP contribution in [0, 0.1) is 0 Å². The highest BCUT2D eigenvalue weighted by atomic mass is 35.5. The lowest BCUT2D eigenvalue weighted by Gasteiger charge is -2.02. The lowest BCUT2D eigenvalue weighted by molar-refractivity contribution is 0.584. The highest BCUT2D eigenvalue weighted by molar-refractivity contribution is 7.91. The second-order valence-corrected chi connectivity index (χ2v) is 8.79. The average Bonchev–Trinajstić information content (AvgIpc) is 3.03. The number of hydrogen-bond acceptors (Lipinski definition) is 5. The van der Waals surface area contributed by atoms with Gasteiger partial charge in [0.15, 0.2) is 0 Å². The van der Waals surface area contributed by atoms with Gasteiger partial charge in [0, 0.05) is 18.0 Å². The summed E-state index contributed by atoms with van der Waals surface area (Å²) in [6.07, 6.45) is 0. The molecule has 2 rings (SSSR count). The van der Waals surface area contributed by atoms with Crippen molar-refractivity contribution in [1.29, 1.82) is 0 Å². The van der Waals surface area contributed by atoms with E-state index in [1.54, 1.807) is 12.1 Å². The molecule has 2 heterocycles. The van der Waals surface area contributed by atoms with Crippen LogP contribution in [-0.2, 0) is 23.1 Å². The van der Waals surface area contributed by atoms with Crippen LogP contribution in [-0.4, -0.2) is 15.0 Å². The Morgan fingerprint density at radius 1 is 1.30 bits per heavy atom. The molecule has 0 radical (unpaired) electrons. The zero-order valence-corrected chi connectivity index (χ0v) is 14.1. The van der Waals surface area contributed by atoms with E-state index in [0.717, 1.165) is 17.0 Å². The maximum absolute atomic E-state index is 12.1. The lowest BCUT2D eigenvalue weighted by Crippen LogP contribution is -2.21. The van der Waals surface area contributed by atoms with Crippen molar-refractivity contribution in [3.05, 3.63) is 38.4 Å². The zero-order valence-electron chi connectivity index (χ0n) is 10.8. The van der Waals surface area contributed by atoms with E-state index in [1.165, 1.54) is 22.7 Å². The molecule has 0 aliphatic rings. The summed E-state index contributed by atoms with van der Waals surface area (Å²) in [7, 11) is -3.45. The number of hydrogen-bond donors (Lipinski definition) is 2. The van der Waals surface area contributed by atoms with Gasteiger partial charge in [-0.1, -0.05) is 18.5 Å². The number of halogens is 1. The third-order valence-corrected chi connectivity index (χ3v) is 6.66. The van der Waals surface area contributed by atoms with Crippen LogP contribution in [0.4, 0.5) is 0 Å². The number of thiophene rings is 2. The fourth-order valence-electron chi connectivity index (χ4n) is 1.54. The maximum Gasteiger partial charge on any atom is 0.250 e. The van der Waals surface area contributed by atoms with Crippen molar-refractivity contribution in [1.82, 2.24) is 10.0 Å². The van der Waals surface area contributed by atoms with E-state index < -0.39 is 10.0 Å². The van der Waals surface area contributed by atoms with Gasteiger partial charge in [0.05, 0.1) is 4.34 Å². The van der Waals surface area contributed by atoms with Gasteiger partial charge >= 0.3 is 0 Å². The van der Waals surface area contributed by atoms with Gasteiger partial charge in [-0.05, 0) is 35.7 Å². The van der Waals surface area contributed by atoms with Gasteiger partial charge < -0.3 is 5.32 Å². The second-order valence-electron chi connectivity index (χ2n) is 4.08. The minimum atomic E-state index is -3.45. The molecule has 0 saturated heterocycles. The average molecular weight is 351 g/mol. The van der Waals surface area contributed by atoms with E-state index in [-0.39, 0.29) is 6.54 Å². The Bertz CT molecular complexity index is 664. The summed E-state index contributed by atoms with van der Waals surface area (Å²) in [5.41, 5.74) is 0.983. The molecule has 0 aliphatic carbocycles. The van der Waals surface area contributed by atoms with Crippen LogP contribution in [0.5, 0.6) is 0 Å². The highest BCUT2D eigenvalue weighted by Crippen LogP contribution is 2.23. The quantitative estimate of drug-likeness (QED) is 0.806. The van der Waals surface area contributed by atoms with E-state index in [9.17, 15) is 8.42 Å². The van der Waals surface area contributed by atoms with Crippen molar-refractivity contribution in [3.63, 3.8) is 0 Å². The Balaban J connectivity index is 2.00. The number of rotatable bonds is 7. The van der Waals surface area contributed by atoms with Crippen LogP contribution in [0.3, 0.4) is 0 Å². The van der Waals surface area contributed by atoms with Gasteiger partial charge in [0.25, 0.3) is 0 Å². The summed E-state index contributed by atoms with van der Waals surface area (Å²) in [6, 6.07) is 5.28. The molecule has 0 unspecified atom stereocenters. The summed E-state index contributed by atoms with van der Waals surface area (Å²) >= 11 is 8.42. The highest BCUT2D eigenvalue weighted by Gasteiger charge is 2.16. The van der Waals surface area contributed by atoms with E-state index >= 15 is 0 Å². The molecule has 0 aliphatic heterocycles. The van der Waals surface area contributed by atoms with E-state index in [0.29, 0.717) is 15.1 Å². The van der Waals surface area contributed by atoms with Gasteiger partial charge in [-0.3, -0.25) is 0 Å². The zero-order chi connectivity index (χ0) is 14.6. The third kappa shape index (κ3) is 4.28. The van der Waals surface area contributed by atoms with Crippen LogP contribution in [0.2, 0.25) is 4.34 Å². The van der Waals surface area contributed by atoms with Crippen LogP contribution < -0.4 is 10.0 Å². The molecule has 0 saturated carbocycles. The van der Waals surface area contributed by atoms with Crippen molar-refractivity contribution in [2.24, 2.45) is 0 Å². The van der Waals surface area contributed by atoms with Crippen molar-refractivity contribution in [2.45, 2.75) is 24.2 Å². The van der Waals surface area contributed by atoms with E-state index in [1.807, 2.05) is 18.4 Å². The molecule has 2 aromatic rings. The van der Waals surface area contributed by atoms with Crippen molar-refractivity contribution in [3.8, 4) is 0 Å². The molecule has 20 heavy (non-hydrogen) atoms. The predicted molar refractivity (Wildman–Crippen MR) is 85.1 cm³/mol. The van der Waals surface area contributed by atoms with Crippen LogP contribution in [0.15, 0.2) is 27.8 Å². The number of sulfonamides is 1. The normalized spacial score (nSPS) is 11.9. The summed E-state index contributed by atoms with van der Waals surface area (Å²) in [6.45, 7) is 3.82. The molecule has 0 fully saturated rings. The summed E-state index contributed by atoms with van der Waals surface area (Å²) in [5, 5.41) is 5.03. The Morgan fingerprint density at radius 3 is 2.75 bits per heavy atom. The molecule has 2 N–H and O–H groups in total.